The zero-order valence-electron chi connectivity index (χ0n) is 11.9. The average Bonchev–Trinajstić information content (AvgIpc) is 2.35. The summed E-state index contributed by atoms with van der Waals surface area (Å²) in [6.07, 6.45) is 6.12. The number of nitrogen functional groups attached to an aromatic ring is 1. The molecule has 8 heteroatoms. The van der Waals surface area contributed by atoms with Gasteiger partial charge in [-0.15, -0.1) is 0 Å². The van der Waals surface area contributed by atoms with Crippen LogP contribution in [-0.4, -0.2) is 27.0 Å². The van der Waals surface area contributed by atoms with E-state index in [4.69, 9.17) is 28.9 Å². The molecule has 0 aliphatic heterocycles. The Morgan fingerprint density at radius 3 is 2.29 bits per heavy atom. The quantitative estimate of drug-likeness (QED) is 0.512. The second-order valence-electron chi connectivity index (χ2n) is 4.62. The van der Waals surface area contributed by atoms with Gasteiger partial charge in [0.2, 0.25) is 10.0 Å². The minimum atomic E-state index is -3.71. The Morgan fingerprint density at radius 1 is 1.14 bits per heavy atom. The smallest absolute Gasteiger partial charge is 0.243 e. The van der Waals surface area contributed by atoms with Crippen molar-refractivity contribution in [2.24, 2.45) is 0 Å². The number of halogens is 2. The molecule has 0 saturated carbocycles. The number of benzene rings is 1. The molecule has 0 bridgehead atoms. The molecule has 4 nitrogen and oxygen atoms in total. The second-order valence-corrected chi connectivity index (χ2v) is 8.12. The summed E-state index contributed by atoms with van der Waals surface area (Å²) in [4.78, 5) is -0.109. The first-order valence-corrected chi connectivity index (χ1v) is 10.2. The lowest BCUT2D eigenvalue weighted by molar-refractivity contribution is 0.574. The van der Waals surface area contributed by atoms with Gasteiger partial charge in [0.05, 0.1) is 10.0 Å². The fourth-order valence-electron chi connectivity index (χ4n) is 1.84. The van der Waals surface area contributed by atoms with Crippen LogP contribution in [0.15, 0.2) is 17.0 Å². The minimum absolute atomic E-state index is 0.0347. The van der Waals surface area contributed by atoms with Gasteiger partial charge in [-0.05, 0) is 37.0 Å². The fraction of sp³-hybridized carbons (Fsp3) is 0.538. The molecule has 0 radical (unpaired) electrons. The van der Waals surface area contributed by atoms with Crippen LogP contribution in [0, 0.1) is 0 Å². The van der Waals surface area contributed by atoms with Gasteiger partial charge in [0, 0.05) is 12.2 Å². The first-order chi connectivity index (χ1) is 9.88. The van der Waals surface area contributed by atoms with Gasteiger partial charge in [-0.3, -0.25) is 0 Å². The number of anilines is 1. The monoisotopic (exact) mass is 370 g/mol. The normalized spacial score (nSPS) is 11.8. The Balaban J connectivity index is 2.55. The first-order valence-electron chi connectivity index (χ1n) is 6.61. The Labute approximate surface area is 140 Å². The van der Waals surface area contributed by atoms with Crippen LogP contribution in [0.4, 0.5) is 5.69 Å². The van der Waals surface area contributed by atoms with Crippen LogP contribution in [0.25, 0.3) is 0 Å². The lowest BCUT2D eigenvalue weighted by Gasteiger charge is -2.10. The van der Waals surface area contributed by atoms with E-state index in [1.807, 2.05) is 11.8 Å². The molecule has 0 heterocycles. The molecular weight excluding hydrogens is 351 g/mol. The fourth-order valence-corrected chi connectivity index (χ4v) is 4.63. The van der Waals surface area contributed by atoms with Gasteiger partial charge in [0.25, 0.3) is 0 Å². The van der Waals surface area contributed by atoms with Crippen molar-refractivity contribution in [3.05, 3.63) is 22.2 Å². The van der Waals surface area contributed by atoms with E-state index in [1.165, 1.54) is 12.1 Å². The van der Waals surface area contributed by atoms with E-state index >= 15 is 0 Å². The molecule has 0 aromatic heterocycles. The van der Waals surface area contributed by atoms with Crippen molar-refractivity contribution in [1.82, 2.24) is 4.72 Å². The number of hydrogen-bond donors (Lipinski definition) is 2. The predicted octanol–water partition coefficient (Wildman–Crippen LogP) is 3.78. The summed E-state index contributed by atoms with van der Waals surface area (Å²) in [5.41, 5.74) is 5.90. The Hall–Kier alpha value is -0.140. The summed E-state index contributed by atoms with van der Waals surface area (Å²) in [7, 11) is -3.71. The Bertz CT molecular complexity index is 542. The third-order valence-corrected chi connectivity index (χ3v) is 5.94. The molecule has 0 aliphatic carbocycles. The van der Waals surface area contributed by atoms with Crippen molar-refractivity contribution >= 4 is 50.7 Å². The van der Waals surface area contributed by atoms with Crippen LogP contribution in [0.5, 0.6) is 0 Å². The molecule has 0 spiro atoms. The molecule has 0 atom stereocenters. The molecule has 0 saturated heterocycles. The van der Waals surface area contributed by atoms with Crippen molar-refractivity contribution in [2.75, 3.05) is 24.3 Å². The summed E-state index contributed by atoms with van der Waals surface area (Å²) in [5, 5.41) is 0.0694. The molecule has 0 amide bonds. The maximum absolute atomic E-state index is 12.2. The van der Waals surface area contributed by atoms with Gasteiger partial charge in [-0.25, -0.2) is 13.1 Å². The number of nitrogens with two attached hydrogens (primary N) is 1. The largest absolute Gasteiger partial charge is 0.399 e. The predicted molar refractivity (Wildman–Crippen MR) is 92.9 cm³/mol. The van der Waals surface area contributed by atoms with Gasteiger partial charge in [0.15, 0.2) is 0 Å². The van der Waals surface area contributed by atoms with E-state index in [-0.39, 0.29) is 14.9 Å². The second kappa shape index (κ2) is 9.10. The van der Waals surface area contributed by atoms with Gasteiger partial charge < -0.3 is 5.73 Å². The van der Waals surface area contributed by atoms with E-state index < -0.39 is 10.0 Å². The maximum Gasteiger partial charge on any atom is 0.243 e. The molecule has 1 rings (SSSR count). The topological polar surface area (TPSA) is 72.2 Å². The number of hydrogen-bond acceptors (Lipinski definition) is 4. The average molecular weight is 371 g/mol. The zero-order valence-corrected chi connectivity index (χ0v) is 15.0. The van der Waals surface area contributed by atoms with Gasteiger partial charge in [-0.2, -0.15) is 11.8 Å². The number of nitrogens with one attached hydrogen (secondary N) is 1. The highest BCUT2D eigenvalue weighted by molar-refractivity contribution is 7.98. The summed E-state index contributed by atoms with van der Waals surface area (Å²) < 4.78 is 26.9. The Kier molecular flexibility index (Phi) is 8.19. The standard InChI is InChI=1S/C13H20Cl2N2O2S2/c1-20-7-5-3-2-4-6-17-21(18,19)13-11(14)8-10(16)9-12(13)15/h8-9,17H,2-7,16H2,1H3. The van der Waals surface area contributed by atoms with Gasteiger partial charge in [0.1, 0.15) is 4.90 Å². The van der Waals surface area contributed by atoms with Crippen molar-refractivity contribution in [3.63, 3.8) is 0 Å². The van der Waals surface area contributed by atoms with Gasteiger partial charge in [-0.1, -0.05) is 36.0 Å². The van der Waals surface area contributed by atoms with Gasteiger partial charge >= 0.3 is 0 Å². The molecule has 1 aromatic carbocycles. The summed E-state index contributed by atoms with van der Waals surface area (Å²) in [6.45, 7) is 0.374. The number of rotatable bonds is 9. The van der Waals surface area contributed by atoms with E-state index in [1.54, 1.807) is 0 Å². The third kappa shape index (κ3) is 6.24. The molecule has 0 fully saturated rings. The lowest BCUT2D eigenvalue weighted by atomic mass is 10.2. The minimum Gasteiger partial charge on any atom is -0.399 e. The van der Waals surface area contributed by atoms with E-state index in [0.717, 1.165) is 31.4 Å². The molecular formula is C13H20Cl2N2O2S2. The highest BCUT2D eigenvalue weighted by Crippen LogP contribution is 2.31. The number of sulfonamides is 1. The van der Waals surface area contributed by atoms with Crippen LogP contribution in [0.2, 0.25) is 10.0 Å². The van der Waals surface area contributed by atoms with Crippen LogP contribution in [0.3, 0.4) is 0 Å². The molecule has 1 aromatic rings. The van der Waals surface area contributed by atoms with Crippen LogP contribution >= 0.6 is 35.0 Å². The van der Waals surface area contributed by atoms with Crippen molar-refractivity contribution < 1.29 is 8.42 Å². The van der Waals surface area contributed by atoms with Crippen molar-refractivity contribution in [3.8, 4) is 0 Å². The van der Waals surface area contributed by atoms with Crippen molar-refractivity contribution in [1.29, 1.82) is 0 Å². The van der Waals surface area contributed by atoms with Crippen molar-refractivity contribution in [2.45, 2.75) is 30.6 Å². The first kappa shape index (κ1) is 18.9. The molecule has 3 N–H and O–H groups in total. The molecule has 0 aliphatic rings. The van der Waals surface area contributed by atoms with Crippen LogP contribution in [-0.2, 0) is 10.0 Å². The third-order valence-electron chi connectivity index (χ3n) is 2.86. The highest BCUT2D eigenvalue weighted by Gasteiger charge is 2.21. The summed E-state index contributed by atoms with van der Waals surface area (Å²) in [6, 6.07) is 2.76. The van der Waals surface area contributed by atoms with E-state index in [0.29, 0.717) is 12.2 Å². The van der Waals surface area contributed by atoms with Crippen LogP contribution in [0.1, 0.15) is 25.7 Å². The highest BCUT2D eigenvalue weighted by atomic mass is 35.5. The lowest BCUT2D eigenvalue weighted by Crippen LogP contribution is -2.25. The van der Waals surface area contributed by atoms with E-state index in [2.05, 4.69) is 11.0 Å². The van der Waals surface area contributed by atoms with Crippen LogP contribution < -0.4 is 10.5 Å². The molecule has 21 heavy (non-hydrogen) atoms. The number of thioether (sulfide) groups is 1. The zero-order chi connectivity index (χ0) is 15.9. The van der Waals surface area contributed by atoms with E-state index in [9.17, 15) is 8.42 Å². The SMILES string of the molecule is CSCCCCCCNS(=O)(=O)c1c(Cl)cc(N)cc1Cl. The number of unbranched alkanes of at least 4 members (excludes halogenated alkanes) is 3. The maximum atomic E-state index is 12.2. The molecule has 120 valence electrons. The summed E-state index contributed by atoms with van der Waals surface area (Å²) in [5.74, 6) is 1.14. The Morgan fingerprint density at radius 2 is 1.71 bits per heavy atom. The summed E-state index contributed by atoms with van der Waals surface area (Å²) >= 11 is 13.7. The molecule has 0 unspecified atom stereocenters.